The molecule has 128 valence electrons. The molecule has 0 saturated carbocycles. The van der Waals surface area contributed by atoms with Crippen LogP contribution >= 0.6 is 0 Å². The van der Waals surface area contributed by atoms with E-state index in [0.29, 0.717) is 24.7 Å². The van der Waals surface area contributed by atoms with Gasteiger partial charge in [0.25, 0.3) is 5.91 Å². The lowest BCUT2D eigenvalue weighted by Gasteiger charge is -2.40. The molecule has 0 radical (unpaired) electrons. The van der Waals surface area contributed by atoms with Gasteiger partial charge < -0.3 is 19.9 Å². The highest BCUT2D eigenvalue weighted by molar-refractivity contribution is 5.92. The second-order valence-corrected chi connectivity index (χ2v) is 7.15. The molecule has 1 fully saturated rings. The number of nitrogens with one attached hydrogen (secondary N) is 2. The van der Waals surface area contributed by atoms with Gasteiger partial charge in [-0.05, 0) is 51.7 Å². The van der Waals surface area contributed by atoms with Gasteiger partial charge in [-0.25, -0.2) is 4.79 Å². The van der Waals surface area contributed by atoms with Gasteiger partial charge in [0, 0.05) is 19.3 Å². The molecular formula is C17H27N3O3. The van der Waals surface area contributed by atoms with E-state index in [9.17, 15) is 9.59 Å². The molecule has 1 aromatic rings. The minimum atomic E-state index is -0.526. The number of aromatic amines is 1. The Balaban J connectivity index is 2.00. The van der Waals surface area contributed by atoms with E-state index in [-0.39, 0.29) is 11.9 Å². The summed E-state index contributed by atoms with van der Waals surface area (Å²) in [5, 5.41) is 2.80. The summed E-state index contributed by atoms with van der Waals surface area (Å²) in [6, 6.07) is 3.57. The van der Waals surface area contributed by atoms with Crippen molar-refractivity contribution in [1.29, 1.82) is 0 Å². The number of hydrogen-bond donors (Lipinski definition) is 2. The van der Waals surface area contributed by atoms with Crippen LogP contribution in [0.3, 0.4) is 0 Å². The maximum atomic E-state index is 12.6. The monoisotopic (exact) mass is 321 g/mol. The lowest BCUT2D eigenvalue weighted by Crippen LogP contribution is -2.53. The number of H-pyrrole nitrogens is 1. The second kappa shape index (κ2) is 7.06. The zero-order chi connectivity index (χ0) is 17.0. The third kappa shape index (κ3) is 4.74. The summed E-state index contributed by atoms with van der Waals surface area (Å²) in [6.07, 6.45) is 3.34. The number of alkyl carbamates (subject to hydrolysis) is 1. The van der Waals surface area contributed by atoms with Crippen molar-refractivity contribution >= 4 is 12.0 Å². The van der Waals surface area contributed by atoms with Crippen molar-refractivity contribution in [3.05, 3.63) is 24.0 Å². The van der Waals surface area contributed by atoms with Crippen molar-refractivity contribution in [2.45, 2.75) is 52.2 Å². The number of carbonyl (C=O) groups excluding carboxylic acids is 2. The topological polar surface area (TPSA) is 74.4 Å². The molecule has 1 aliphatic heterocycles. The molecule has 1 aromatic heterocycles. The highest BCUT2D eigenvalue weighted by atomic mass is 16.6. The number of nitrogens with zero attached hydrogens (tertiary/aromatic N) is 1. The van der Waals surface area contributed by atoms with Gasteiger partial charge >= 0.3 is 6.09 Å². The van der Waals surface area contributed by atoms with Gasteiger partial charge in [-0.1, -0.05) is 6.92 Å². The molecule has 1 aliphatic rings. The number of piperidine rings is 1. The van der Waals surface area contributed by atoms with Gasteiger partial charge in [-0.2, -0.15) is 0 Å². The first-order valence-electron chi connectivity index (χ1n) is 8.19. The quantitative estimate of drug-likeness (QED) is 0.899. The van der Waals surface area contributed by atoms with Gasteiger partial charge in [0.05, 0.1) is 6.04 Å². The molecule has 0 bridgehead atoms. The summed E-state index contributed by atoms with van der Waals surface area (Å²) in [4.78, 5) is 29.3. The molecule has 2 atom stereocenters. The summed E-state index contributed by atoms with van der Waals surface area (Å²) in [6.45, 7) is 8.73. The smallest absolute Gasteiger partial charge is 0.407 e. The minimum absolute atomic E-state index is 0.0162. The van der Waals surface area contributed by atoms with E-state index in [1.54, 1.807) is 12.3 Å². The lowest BCUT2D eigenvalue weighted by molar-refractivity contribution is 0.0405. The maximum absolute atomic E-state index is 12.6. The zero-order valence-electron chi connectivity index (χ0n) is 14.4. The Hall–Kier alpha value is -1.98. The summed E-state index contributed by atoms with van der Waals surface area (Å²) in [5.41, 5.74) is 0.0588. The highest BCUT2D eigenvalue weighted by Gasteiger charge is 2.33. The van der Waals surface area contributed by atoms with Crippen LogP contribution in [-0.2, 0) is 4.74 Å². The van der Waals surface area contributed by atoms with Gasteiger partial charge in [0.1, 0.15) is 11.3 Å². The number of rotatable bonds is 3. The molecule has 0 aliphatic carbocycles. The van der Waals surface area contributed by atoms with Crippen LogP contribution in [0.1, 0.15) is 51.0 Å². The van der Waals surface area contributed by atoms with Crippen molar-refractivity contribution in [1.82, 2.24) is 15.2 Å². The summed E-state index contributed by atoms with van der Waals surface area (Å²) in [7, 11) is 0. The average Bonchev–Trinajstić information content (AvgIpc) is 2.97. The Morgan fingerprint density at radius 2 is 2.17 bits per heavy atom. The standard InChI is InChI=1S/C17H27N3O3/c1-12-7-6-10-20(15(21)13-8-5-9-18-13)14(12)11-19-16(22)23-17(2,3)4/h5,8-9,12,14,18H,6-7,10-11H2,1-4H3,(H,19,22)/t12-,14+/m0/s1. The first kappa shape index (κ1) is 17.4. The van der Waals surface area contributed by atoms with Crippen LogP contribution in [0.15, 0.2) is 18.3 Å². The van der Waals surface area contributed by atoms with Crippen LogP contribution in [0.4, 0.5) is 4.79 Å². The van der Waals surface area contributed by atoms with Gasteiger partial charge in [0.15, 0.2) is 0 Å². The average molecular weight is 321 g/mol. The molecule has 6 heteroatoms. The van der Waals surface area contributed by atoms with E-state index in [2.05, 4.69) is 17.2 Å². The Morgan fingerprint density at radius 1 is 1.43 bits per heavy atom. The molecular weight excluding hydrogens is 294 g/mol. The lowest BCUT2D eigenvalue weighted by atomic mass is 9.90. The van der Waals surface area contributed by atoms with Crippen LogP contribution in [-0.4, -0.2) is 46.6 Å². The molecule has 2 heterocycles. The van der Waals surface area contributed by atoms with Crippen LogP contribution in [0, 0.1) is 5.92 Å². The fourth-order valence-electron chi connectivity index (χ4n) is 2.93. The van der Waals surface area contributed by atoms with Crippen LogP contribution < -0.4 is 5.32 Å². The minimum Gasteiger partial charge on any atom is -0.444 e. The first-order valence-corrected chi connectivity index (χ1v) is 8.19. The molecule has 0 aromatic carbocycles. The van der Waals surface area contributed by atoms with E-state index in [1.165, 1.54) is 0 Å². The first-order chi connectivity index (χ1) is 10.8. The van der Waals surface area contributed by atoms with E-state index in [1.807, 2.05) is 31.7 Å². The molecule has 0 spiro atoms. The van der Waals surface area contributed by atoms with Gasteiger partial charge in [0.2, 0.25) is 0 Å². The second-order valence-electron chi connectivity index (χ2n) is 7.15. The Morgan fingerprint density at radius 3 is 2.78 bits per heavy atom. The van der Waals surface area contributed by atoms with Crippen molar-refractivity contribution in [2.75, 3.05) is 13.1 Å². The van der Waals surface area contributed by atoms with Crippen molar-refractivity contribution in [3.8, 4) is 0 Å². The fourth-order valence-corrected chi connectivity index (χ4v) is 2.93. The third-order valence-corrected chi connectivity index (χ3v) is 4.06. The molecule has 2 N–H and O–H groups in total. The third-order valence-electron chi connectivity index (χ3n) is 4.06. The maximum Gasteiger partial charge on any atom is 0.407 e. The van der Waals surface area contributed by atoms with Crippen LogP contribution in [0.5, 0.6) is 0 Å². The zero-order valence-corrected chi connectivity index (χ0v) is 14.4. The van der Waals surface area contributed by atoms with E-state index in [0.717, 1.165) is 12.8 Å². The number of amides is 2. The number of likely N-dealkylation sites (tertiary alicyclic amines) is 1. The summed E-state index contributed by atoms with van der Waals surface area (Å²) >= 11 is 0. The van der Waals surface area contributed by atoms with Crippen LogP contribution in [0.2, 0.25) is 0 Å². The molecule has 1 saturated heterocycles. The predicted molar refractivity (Wildman–Crippen MR) is 88.3 cm³/mol. The Kier molecular flexibility index (Phi) is 5.34. The van der Waals surface area contributed by atoms with Crippen molar-refractivity contribution in [3.63, 3.8) is 0 Å². The predicted octanol–water partition coefficient (Wildman–Crippen LogP) is 2.78. The number of ether oxygens (including phenoxy) is 1. The van der Waals surface area contributed by atoms with Gasteiger partial charge in [-0.3, -0.25) is 4.79 Å². The SMILES string of the molecule is C[C@H]1CCCN(C(=O)c2ccc[nH]2)[C@@H]1CNC(=O)OC(C)(C)C. The van der Waals surface area contributed by atoms with E-state index < -0.39 is 11.7 Å². The number of carbonyl (C=O) groups is 2. The highest BCUT2D eigenvalue weighted by Crippen LogP contribution is 2.24. The molecule has 2 rings (SSSR count). The van der Waals surface area contributed by atoms with E-state index in [4.69, 9.17) is 4.74 Å². The summed E-state index contributed by atoms with van der Waals surface area (Å²) in [5.74, 6) is 0.315. The molecule has 6 nitrogen and oxygen atoms in total. The number of aromatic nitrogens is 1. The van der Waals surface area contributed by atoms with Crippen molar-refractivity contribution in [2.24, 2.45) is 5.92 Å². The Bertz CT molecular complexity index is 534. The summed E-state index contributed by atoms with van der Waals surface area (Å²) < 4.78 is 5.27. The normalized spacial score (nSPS) is 21.8. The number of hydrogen-bond acceptors (Lipinski definition) is 3. The van der Waals surface area contributed by atoms with E-state index >= 15 is 0 Å². The molecule has 2 amide bonds. The largest absolute Gasteiger partial charge is 0.444 e. The molecule has 23 heavy (non-hydrogen) atoms. The van der Waals surface area contributed by atoms with Crippen molar-refractivity contribution < 1.29 is 14.3 Å². The molecule has 0 unspecified atom stereocenters. The van der Waals surface area contributed by atoms with Crippen LogP contribution in [0.25, 0.3) is 0 Å². The fraction of sp³-hybridized carbons (Fsp3) is 0.647. The Labute approximate surface area is 137 Å². The van der Waals surface area contributed by atoms with Gasteiger partial charge in [-0.15, -0.1) is 0 Å².